The number of phosphoric ester groups is 1. The maximum Gasteiger partial charge on any atom is 0.597 e. The van der Waals surface area contributed by atoms with Gasteiger partial charge in [-0.15, -0.1) is 0 Å². The third kappa shape index (κ3) is 4.67. The Hall–Kier alpha value is -1.04. The molecule has 0 bridgehead atoms. The van der Waals surface area contributed by atoms with Crippen LogP contribution in [0.15, 0.2) is 24.3 Å². The quantitative estimate of drug-likeness (QED) is 0.281. The molecular formula is C23H30IO4P. The number of hydrogen-bond acceptors (Lipinski definition) is 4. The van der Waals surface area contributed by atoms with E-state index in [4.69, 9.17) is 11.9 Å². The van der Waals surface area contributed by atoms with Crippen LogP contribution in [0.4, 0.5) is 0 Å². The summed E-state index contributed by atoms with van der Waals surface area (Å²) in [6, 6.07) is 8.40. The van der Waals surface area contributed by atoms with Gasteiger partial charge in [0.2, 0.25) is 0 Å². The molecule has 0 fully saturated rings. The summed E-state index contributed by atoms with van der Waals surface area (Å²) in [6.07, 6.45) is 0.640. The van der Waals surface area contributed by atoms with Gasteiger partial charge in [0.1, 0.15) is 34.5 Å². The van der Waals surface area contributed by atoms with E-state index in [-0.39, 0.29) is 10.8 Å². The van der Waals surface area contributed by atoms with Gasteiger partial charge in [0.25, 0.3) is 0 Å². The van der Waals surface area contributed by atoms with Crippen LogP contribution in [0.25, 0.3) is 0 Å². The summed E-state index contributed by atoms with van der Waals surface area (Å²) >= 11 is 1.62. The summed E-state index contributed by atoms with van der Waals surface area (Å²) < 4.78 is 30.9. The molecule has 6 heteroatoms. The van der Waals surface area contributed by atoms with Crippen LogP contribution in [0, 0.1) is 13.8 Å². The fraction of sp³-hybridized carbons (Fsp3) is 0.478. The average molecular weight is 528 g/mol. The van der Waals surface area contributed by atoms with Crippen LogP contribution in [0.5, 0.6) is 11.5 Å². The zero-order valence-corrected chi connectivity index (χ0v) is 21.5. The summed E-state index contributed by atoms with van der Waals surface area (Å²) in [5.41, 5.74) is 5.92. The lowest BCUT2D eigenvalue weighted by atomic mass is 9.81. The molecule has 0 aromatic heterocycles. The fourth-order valence-electron chi connectivity index (χ4n) is 3.76. The molecule has 0 saturated carbocycles. The largest absolute Gasteiger partial charge is 0.597 e. The molecule has 3 rings (SSSR count). The molecule has 158 valence electrons. The van der Waals surface area contributed by atoms with Gasteiger partial charge < -0.3 is 9.05 Å². The Balaban J connectivity index is 2.36. The second kappa shape index (κ2) is 7.58. The van der Waals surface area contributed by atoms with Gasteiger partial charge in [-0.1, -0.05) is 76.9 Å². The van der Waals surface area contributed by atoms with E-state index in [1.54, 1.807) is 23.0 Å². The highest BCUT2D eigenvalue weighted by Gasteiger charge is 2.39. The van der Waals surface area contributed by atoms with Gasteiger partial charge >= 0.3 is 7.82 Å². The molecule has 0 radical (unpaired) electrons. The van der Waals surface area contributed by atoms with E-state index in [9.17, 15) is 4.57 Å². The second-order valence-electron chi connectivity index (χ2n) is 9.98. The first-order valence-corrected chi connectivity index (χ1v) is 12.2. The lowest BCUT2D eigenvalue weighted by molar-refractivity contribution is 0.314. The Morgan fingerprint density at radius 3 is 1.52 bits per heavy atom. The van der Waals surface area contributed by atoms with Crippen LogP contribution >= 0.6 is 30.8 Å². The first-order chi connectivity index (χ1) is 13.2. The van der Waals surface area contributed by atoms with Crippen LogP contribution in [0.3, 0.4) is 0 Å². The van der Waals surface area contributed by atoms with Gasteiger partial charge in [-0.2, -0.15) is 2.85 Å². The molecule has 0 amide bonds. The van der Waals surface area contributed by atoms with Crippen molar-refractivity contribution in [3.05, 3.63) is 57.6 Å². The fourth-order valence-corrected chi connectivity index (χ4v) is 5.22. The Morgan fingerprint density at radius 2 is 1.21 bits per heavy atom. The highest BCUT2D eigenvalue weighted by atomic mass is 127. The average Bonchev–Trinajstić information content (AvgIpc) is 2.56. The number of phosphoric acid groups is 1. The zero-order valence-electron chi connectivity index (χ0n) is 18.5. The molecule has 0 spiro atoms. The predicted octanol–water partition coefficient (Wildman–Crippen LogP) is 7.74. The molecule has 2 aromatic carbocycles. The zero-order chi connectivity index (χ0) is 21.8. The second-order valence-corrected chi connectivity index (χ2v) is 12.6. The minimum atomic E-state index is -3.87. The lowest BCUT2D eigenvalue weighted by Crippen LogP contribution is -2.19. The first-order valence-electron chi connectivity index (χ1n) is 9.81. The summed E-state index contributed by atoms with van der Waals surface area (Å²) in [7, 11) is -3.87. The summed E-state index contributed by atoms with van der Waals surface area (Å²) in [4.78, 5) is 0. The van der Waals surface area contributed by atoms with Gasteiger partial charge in [0.05, 0.1) is 0 Å². The summed E-state index contributed by atoms with van der Waals surface area (Å²) in [5.74, 6) is 1.21. The number of rotatable bonds is 1. The Kier molecular flexibility index (Phi) is 5.92. The molecule has 29 heavy (non-hydrogen) atoms. The number of benzene rings is 2. The topological polar surface area (TPSA) is 44.8 Å². The third-order valence-electron chi connectivity index (χ3n) is 5.11. The minimum Gasteiger partial charge on any atom is -0.394 e. The highest BCUT2D eigenvalue weighted by Crippen LogP contribution is 2.57. The number of hydrogen-bond donors (Lipinski definition) is 0. The van der Waals surface area contributed by atoms with Crippen molar-refractivity contribution in [1.82, 2.24) is 0 Å². The van der Waals surface area contributed by atoms with Crippen molar-refractivity contribution >= 4 is 30.8 Å². The van der Waals surface area contributed by atoms with Crippen molar-refractivity contribution in [2.24, 2.45) is 0 Å². The monoisotopic (exact) mass is 528 g/mol. The molecule has 2 aromatic rings. The van der Waals surface area contributed by atoms with Gasteiger partial charge in [0.15, 0.2) is 0 Å². The van der Waals surface area contributed by atoms with Gasteiger partial charge in [0, 0.05) is 17.5 Å². The van der Waals surface area contributed by atoms with E-state index < -0.39 is 7.82 Å². The molecule has 4 nitrogen and oxygen atoms in total. The van der Waals surface area contributed by atoms with Crippen LogP contribution in [-0.4, -0.2) is 0 Å². The highest BCUT2D eigenvalue weighted by molar-refractivity contribution is 14.1. The minimum absolute atomic E-state index is 0.183. The first kappa shape index (κ1) is 22.6. The lowest BCUT2D eigenvalue weighted by Gasteiger charge is -2.32. The van der Waals surface area contributed by atoms with Gasteiger partial charge in [-0.25, -0.2) is 4.57 Å². The molecule has 1 aliphatic rings. The number of fused-ring (bicyclic) bond motifs is 2. The van der Waals surface area contributed by atoms with E-state index in [1.807, 2.05) is 0 Å². The summed E-state index contributed by atoms with van der Waals surface area (Å²) in [6.45, 7) is 16.9. The molecule has 0 saturated heterocycles. The van der Waals surface area contributed by atoms with Crippen LogP contribution in [0.1, 0.15) is 74.9 Å². The van der Waals surface area contributed by atoms with Crippen molar-refractivity contribution in [2.75, 3.05) is 0 Å². The van der Waals surface area contributed by atoms with Crippen LogP contribution in [0.2, 0.25) is 0 Å². The third-order valence-corrected chi connectivity index (χ3v) is 7.54. The van der Waals surface area contributed by atoms with Crippen molar-refractivity contribution in [2.45, 2.75) is 72.6 Å². The maximum absolute atomic E-state index is 13.6. The maximum atomic E-state index is 13.6. The van der Waals surface area contributed by atoms with Crippen molar-refractivity contribution in [3.8, 4) is 11.5 Å². The van der Waals surface area contributed by atoms with Crippen molar-refractivity contribution in [3.63, 3.8) is 0 Å². The normalized spacial score (nSPS) is 16.0. The molecule has 0 atom stereocenters. The van der Waals surface area contributed by atoms with E-state index >= 15 is 0 Å². The van der Waals surface area contributed by atoms with E-state index in [0.717, 1.165) is 33.4 Å². The molecule has 1 heterocycles. The molecule has 0 unspecified atom stereocenters. The molecule has 0 N–H and O–H groups in total. The van der Waals surface area contributed by atoms with Crippen LogP contribution in [-0.2, 0) is 24.7 Å². The summed E-state index contributed by atoms with van der Waals surface area (Å²) in [5, 5.41) is 0. The SMILES string of the molecule is Cc1cc2c(c(C(C)(C)C)c1)OP(=O)(OI)Oc1c(cc(C)cc1C(C)(C)C)C2. The van der Waals surface area contributed by atoms with E-state index in [0.29, 0.717) is 17.9 Å². The molecule has 0 aliphatic carbocycles. The van der Waals surface area contributed by atoms with Crippen LogP contribution < -0.4 is 9.05 Å². The predicted molar refractivity (Wildman–Crippen MR) is 127 cm³/mol. The Morgan fingerprint density at radius 1 is 0.828 bits per heavy atom. The van der Waals surface area contributed by atoms with Crippen molar-refractivity contribution in [1.29, 1.82) is 0 Å². The number of aryl methyl sites for hydroxylation is 2. The van der Waals surface area contributed by atoms with E-state index in [2.05, 4.69) is 79.7 Å². The van der Waals surface area contributed by atoms with Gasteiger partial charge in [-0.05, 0) is 35.8 Å². The van der Waals surface area contributed by atoms with Crippen molar-refractivity contribution < 1.29 is 16.5 Å². The smallest absolute Gasteiger partial charge is 0.394 e. The molecular weight excluding hydrogens is 498 g/mol. The molecule has 1 aliphatic heterocycles. The Bertz CT molecular complexity index is 924. The van der Waals surface area contributed by atoms with E-state index in [1.165, 1.54) is 0 Å². The standard InChI is InChI=1S/C23H30IO4P/c1-14-9-16-13-17-10-15(2)12-19(23(6,7)8)21(17)27-29(25,28-24)26-20(16)18(11-14)22(3,4)5/h9-12H,13H2,1-8H3. The van der Waals surface area contributed by atoms with Gasteiger partial charge in [-0.3, -0.25) is 0 Å². The number of halogens is 1. The Labute approximate surface area is 188 Å².